The van der Waals surface area contributed by atoms with Crippen molar-refractivity contribution in [3.8, 4) is 0 Å². The van der Waals surface area contributed by atoms with Crippen LogP contribution >= 0.6 is 27.3 Å². The van der Waals surface area contributed by atoms with Gasteiger partial charge in [0, 0.05) is 0 Å². The van der Waals surface area contributed by atoms with Crippen LogP contribution in [0.1, 0.15) is 5.56 Å². The Bertz CT molecular complexity index is 510. The Kier molecular flexibility index (Phi) is 4.79. The van der Waals surface area contributed by atoms with Gasteiger partial charge in [-0.05, 0) is 34.5 Å². The monoisotopic (exact) mass is 369 g/mol. The molecule has 104 valence electrons. The van der Waals surface area contributed by atoms with Gasteiger partial charge in [-0.15, -0.1) is 11.3 Å². The summed E-state index contributed by atoms with van der Waals surface area (Å²) in [5, 5.41) is 0. The molecule has 0 aromatic carbocycles. The molecular formula is C8H8BrF4NO2S2. The maximum absolute atomic E-state index is 12.6. The van der Waals surface area contributed by atoms with Crippen LogP contribution in [0.4, 0.5) is 17.6 Å². The molecule has 3 nitrogen and oxygen atoms in total. The number of halogens is 5. The minimum Gasteiger partial charge on any atom is -0.206 e. The fourth-order valence-corrected chi connectivity index (χ4v) is 4.22. The molecule has 0 unspecified atom stereocenters. The molecule has 10 heteroatoms. The van der Waals surface area contributed by atoms with E-state index < -0.39 is 28.9 Å². The summed E-state index contributed by atoms with van der Waals surface area (Å²) < 4.78 is 73.8. The van der Waals surface area contributed by atoms with E-state index in [0.29, 0.717) is 9.35 Å². The number of hydrogen-bond acceptors (Lipinski definition) is 3. The predicted molar refractivity (Wildman–Crippen MR) is 62.9 cm³/mol. The zero-order chi connectivity index (χ0) is 14.1. The molecule has 1 heterocycles. The molecule has 1 aromatic heterocycles. The summed E-state index contributed by atoms with van der Waals surface area (Å²) in [5.74, 6) is -4.39. The lowest BCUT2D eigenvalue weighted by molar-refractivity contribution is -0.122. The molecule has 0 aliphatic rings. The SMILES string of the molecule is Cc1cc(S(=O)(=O)NCC(F)(F)C(F)F)sc1Br. The minimum absolute atomic E-state index is 0.211. The fourth-order valence-electron chi connectivity index (χ4n) is 0.904. The summed E-state index contributed by atoms with van der Waals surface area (Å²) in [4.78, 5) is 0. The van der Waals surface area contributed by atoms with E-state index in [9.17, 15) is 26.0 Å². The smallest absolute Gasteiger partial charge is 0.206 e. The Morgan fingerprint density at radius 2 is 2.06 bits per heavy atom. The third-order valence-corrected chi connectivity index (χ3v) is 5.93. The molecule has 1 aromatic rings. The van der Waals surface area contributed by atoms with E-state index in [0.717, 1.165) is 11.3 Å². The molecule has 0 aliphatic heterocycles. The zero-order valence-electron chi connectivity index (χ0n) is 8.88. The summed E-state index contributed by atoms with van der Waals surface area (Å²) in [6, 6.07) is 1.26. The lowest BCUT2D eigenvalue weighted by atomic mass is 10.4. The van der Waals surface area contributed by atoms with Gasteiger partial charge in [-0.25, -0.2) is 21.9 Å². The lowest BCUT2D eigenvalue weighted by Crippen LogP contribution is -2.41. The number of rotatable bonds is 5. The fraction of sp³-hybridized carbons (Fsp3) is 0.500. The van der Waals surface area contributed by atoms with Crippen molar-refractivity contribution >= 4 is 37.3 Å². The number of aryl methyl sites for hydroxylation is 1. The molecule has 0 saturated heterocycles. The van der Waals surface area contributed by atoms with Gasteiger partial charge in [-0.2, -0.15) is 8.78 Å². The van der Waals surface area contributed by atoms with Crippen molar-refractivity contribution in [3.05, 3.63) is 15.4 Å². The maximum Gasteiger partial charge on any atom is 0.320 e. The number of thiophene rings is 1. The van der Waals surface area contributed by atoms with E-state index in [1.807, 2.05) is 0 Å². The van der Waals surface area contributed by atoms with Crippen LogP contribution in [0.5, 0.6) is 0 Å². The molecule has 0 spiro atoms. The van der Waals surface area contributed by atoms with Crippen molar-refractivity contribution in [2.75, 3.05) is 6.54 Å². The van der Waals surface area contributed by atoms with E-state index in [1.165, 1.54) is 10.8 Å². The summed E-state index contributed by atoms with van der Waals surface area (Å²) in [6.07, 6.45) is -3.92. The molecule has 1 N–H and O–H groups in total. The first-order chi connectivity index (χ1) is 8.06. The molecule has 0 amide bonds. The third-order valence-electron chi connectivity index (χ3n) is 1.92. The maximum atomic E-state index is 12.6. The van der Waals surface area contributed by atoms with Gasteiger partial charge < -0.3 is 0 Å². The van der Waals surface area contributed by atoms with Crippen molar-refractivity contribution in [2.45, 2.75) is 23.5 Å². The molecule has 0 bridgehead atoms. The molecule has 0 radical (unpaired) electrons. The lowest BCUT2D eigenvalue weighted by Gasteiger charge is -2.15. The highest BCUT2D eigenvalue weighted by Gasteiger charge is 2.41. The van der Waals surface area contributed by atoms with Gasteiger partial charge in [-0.3, -0.25) is 0 Å². The van der Waals surface area contributed by atoms with Gasteiger partial charge in [0.2, 0.25) is 10.0 Å². The van der Waals surface area contributed by atoms with E-state index in [2.05, 4.69) is 15.9 Å². The van der Waals surface area contributed by atoms with Crippen molar-refractivity contribution in [1.29, 1.82) is 0 Å². The Morgan fingerprint density at radius 3 is 2.44 bits per heavy atom. The van der Waals surface area contributed by atoms with Gasteiger partial charge in [0.15, 0.2) is 0 Å². The highest BCUT2D eigenvalue weighted by molar-refractivity contribution is 9.11. The van der Waals surface area contributed by atoms with Crippen LogP contribution in [0.25, 0.3) is 0 Å². The average Bonchev–Trinajstić information content (AvgIpc) is 2.57. The average molecular weight is 370 g/mol. The molecular weight excluding hydrogens is 362 g/mol. The molecule has 18 heavy (non-hydrogen) atoms. The second kappa shape index (κ2) is 5.43. The van der Waals surface area contributed by atoms with E-state index in [4.69, 9.17) is 0 Å². The van der Waals surface area contributed by atoms with Crippen molar-refractivity contribution < 1.29 is 26.0 Å². The quantitative estimate of drug-likeness (QED) is 0.811. The molecule has 0 saturated carbocycles. The van der Waals surface area contributed by atoms with Crippen molar-refractivity contribution in [1.82, 2.24) is 4.72 Å². The molecule has 0 atom stereocenters. The Hall–Kier alpha value is -0.190. The van der Waals surface area contributed by atoms with Gasteiger partial charge in [0.05, 0.1) is 10.3 Å². The van der Waals surface area contributed by atoms with Crippen LogP contribution in [0, 0.1) is 6.92 Å². The zero-order valence-corrected chi connectivity index (χ0v) is 12.1. The first kappa shape index (κ1) is 15.9. The van der Waals surface area contributed by atoms with E-state index >= 15 is 0 Å². The normalized spacial score (nSPS) is 13.3. The van der Waals surface area contributed by atoms with Crippen molar-refractivity contribution in [3.63, 3.8) is 0 Å². The van der Waals surface area contributed by atoms with Crippen LogP contribution in [0.3, 0.4) is 0 Å². The molecule has 1 rings (SSSR count). The standard InChI is InChI=1S/C8H8BrF4NO2S2/c1-4-2-5(17-6(4)9)18(15,16)14-3-8(12,13)7(10)11/h2,7,14H,3H2,1H3. The van der Waals surface area contributed by atoms with Gasteiger partial charge in [0.1, 0.15) is 4.21 Å². The summed E-state index contributed by atoms with van der Waals surface area (Å²) in [5.41, 5.74) is 0.612. The van der Waals surface area contributed by atoms with Crippen molar-refractivity contribution in [2.24, 2.45) is 0 Å². The second-order valence-corrected chi connectivity index (χ2v) is 7.77. The van der Waals surface area contributed by atoms with Crippen LogP contribution < -0.4 is 4.72 Å². The summed E-state index contributed by atoms with van der Waals surface area (Å²) >= 11 is 3.89. The summed E-state index contributed by atoms with van der Waals surface area (Å²) in [7, 11) is -4.20. The first-order valence-electron chi connectivity index (χ1n) is 4.48. The molecule has 0 aliphatic carbocycles. The van der Waals surface area contributed by atoms with Gasteiger partial charge in [0.25, 0.3) is 0 Å². The van der Waals surface area contributed by atoms with Crippen LogP contribution in [-0.4, -0.2) is 27.3 Å². The second-order valence-electron chi connectivity index (χ2n) is 3.41. The number of nitrogens with one attached hydrogen (secondary N) is 1. The first-order valence-corrected chi connectivity index (χ1v) is 7.57. The third kappa shape index (κ3) is 3.65. The van der Waals surface area contributed by atoms with Crippen LogP contribution in [0.2, 0.25) is 0 Å². The number of alkyl halides is 4. The molecule has 0 fully saturated rings. The minimum atomic E-state index is -4.39. The van der Waals surface area contributed by atoms with Gasteiger partial charge in [-0.1, -0.05) is 0 Å². The highest BCUT2D eigenvalue weighted by Crippen LogP contribution is 2.31. The number of hydrogen-bond donors (Lipinski definition) is 1. The van der Waals surface area contributed by atoms with Crippen LogP contribution in [0.15, 0.2) is 14.1 Å². The Balaban J connectivity index is 2.84. The topological polar surface area (TPSA) is 46.2 Å². The van der Waals surface area contributed by atoms with E-state index in [-0.39, 0.29) is 4.21 Å². The van der Waals surface area contributed by atoms with Crippen LogP contribution in [-0.2, 0) is 10.0 Å². The Morgan fingerprint density at radius 1 is 1.50 bits per heavy atom. The Labute approximate surface area is 113 Å². The van der Waals surface area contributed by atoms with Gasteiger partial charge >= 0.3 is 12.3 Å². The summed E-state index contributed by atoms with van der Waals surface area (Å²) in [6.45, 7) is -0.0189. The largest absolute Gasteiger partial charge is 0.320 e. The van der Waals surface area contributed by atoms with E-state index in [1.54, 1.807) is 6.92 Å². The predicted octanol–water partition coefficient (Wildman–Crippen LogP) is 3.00. The highest BCUT2D eigenvalue weighted by atomic mass is 79.9. The number of sulfonamides is 1.